The van der Waals surface area contributed by atoms with E-state index in [-0.39, 0.29) is 28.6 Å². The van der Waals surface area contributed by atoms with E-state index in [1.165, 1.54) is 6.07 Å². The molecule has 6 heteroatoms. The first kappa shape index (κ1) is 11.5. The van der Waals surface area contributed by atoms with Gasteiger partial charge in [0.25, 0.3) is 0 Å². The monoisotopic (exact) mass is 258 g/mol. The molecule has 1 unspecified atom stereocenters. The summed E-state index contributed by atoms with van der Waals surface area (Å²) in [5.41, 5.74) is 5.53. The standard InChI is InChI=1S/C13H10N2O4/c14-11-8(13(17)18)5-7-10(16)6-3-1-2-4-9(6)19-12(7)15-11/h1-2,4-6H,3H2,(H2,14,15)(H,17,18). The number of ketones is 1. The third-order valence-electron chi connectivity index (χ3n) is 3.16. The van der Waals surface area contributed by atoms with Crippen molar-refractivity contribution in [2.24, 2.45) is 5.92 Å². The van der Waals surface area contributed by atoms with Crippen molar-refractivity contribution in [2.75, 3.05) is 5.73 Å². The minimum absolute atomic E-state index is 0.0744. The van der Waals surface area contributed by atoms with Gasteiger partial charge in [-0.2, -0.15) is 4.98 Å². The maximum absolute atomic E-state index is 12.3. The molecule has 3 N–H and O–H groups in total. The lowest BCUT2D eigenvalue weighted by atomic mass is 9.88. The average Bonchev–Trinajstić information content (AvgIpc) is 2.38. The molecule has 1 aromatic heterocycles. The fourth-order valence-corrected chi connectivity index (χ4v) is 2.19. The molecule has 1 atom stereocenters. The van der Waals surface area contributed by atoms with Gasteiger partial charge in [0.15, 0.2) is 5.78 Å². The van der Waals surface area contributed by atoms with E-state index in [4.69, 9.17) is 15.6 Å². The number of carbonyl (C=O) groups is 2. The van der Waals surface area contributed by atoms with Gasteiger partial charge in [-0.15, -0.1) is 0 Å². The molecule has 0 spiro atoms. The first-order valence-corrected chi connectivity index (χ1v) is 5.70. The lowest BCUT2D eigenvalue weighted by Gasteiger charge is -2.26. The van der Waals surface area contributed by atoms with Crippen LogP contribution in [0.4, 0.5) is 5.82 Å². The summed E-state index contributed by atoms with van der Waals surface area (Å²) < 4.78 is 5.53. The molecule has 2 aliphatic rings. The van der Waals surface area contributed by atoms with Crippen molar-refractivity contribution in [3.63, 3.8) is 0 Å². The zero-order valence-corrected chi connectivity index (χ0v) is 9.79. The number of rotatable bonds is 1. The number of nitrogens with zero attached hydrogens (tertiary/aromatic N) is 1. The summed E-state index contributed by atoms with van der Waals surface area (Å²) in [6.07, 6.45) is 5.91. The van der Waals surface area contributed by atoms with E-state index in [1.807, 2.05) is 6.08 Å². The van der Waals surface area contributed by atoms with Gasteiger partial charge in [0, 0.05) is 0 Å². The van der Waals surface area contributed by atoms with E-state index in [0.29, 0.717) is 12.2 Å². The number of fused-ring (bicyclic) bond motifs is 2. The summed E-state index contributed by atoms with van der Waals surface area (Å²) in [6, 6.07) is 1.23. The Hall–Kier alpha value is -2.63. The Bertz CT molecular complexity index is 661. The Labute approximate surface area is 108 Å². The highest BCUT2D eigenvalue weighted by Gasteiger charge is 2.35. The fraction of sp³-hybridized carbons (Fsp3) is 0.154. The Morgan fingerprint density at radius 1 is 1.53 bits per heavy atom. The minimum Gasteiger partial charge on any atom is -0.478 e. The molecular formula is C13H10N2O4. The van der Waals surface area contributed by atoms with Crippen molar-refractivity contribution in [1.82, 2.24) is 4.98 Å². The van der Waals surface area contributed by atoms with Crippen LogP contribution in [-0.2, 0) is 0 Å². The Morgan fingerprint density at radius 3 is 3.05 bits per heavy atom. The van der Waals surface area contributed by atoms with Crippen LogP contribution in [-0.4, -0.2) is 21.8 Å². The number of hydrogen-bond donors (Lipinski definition) is 2. The molecule has 1 aromatic rings. The van der Waals surface area contributed by atoms with E-state index in [2.05, 4.69) is 4.98 Å². The Kier molecular flexibility index (Phi) is 2.38. The van der Waals surface area contributed by atoms with Crippen molar-refractivity contribution in [1.29, 1.82) is 0 Å². The molecule has 1 aliphatic carbocycles. The average molecular weight is 258 g/mol. The molecule has 2 heterocycles. The number of nitrogens with two attached hydrogens (primary N) is 1. The Balaban J connectivity index is 2.15. The van der Waals surface area contributed by atoms with Crippen LogP contribution in [0.1, 0.15) is 27.1 Å². The third-order valence-corrected chi connectivity index (χ3v) is 3.16. The minimum atomic E-state index is -1.22. The summed E-state index contributed by atoms with van der Waals surface area (Å²) in [6.45, 7) is 0. The van der Waals surface area contributed by atoms with Crippen LogP contribution >= 0.6 is 0 Å². The molecule has 96 valence electrons. The number of carboxylic acids is 1. The fourth-order valence-electron chi connectivity index (χ4n) is 2.19. The molecule has 0 fully saturated rings. The van der Waals surface area contributed by atoms with Gasteiger partial charge < -0.3 is 15.6 Å². The van der Waals surface area contributed by atoms with Crippen LogP contribution in [0.2, 0.25) is 0 Å². The summed E-state index contributed by atoms with van der Waals surface area (Å²) in [5, 5.41) is 8.99. The van der Waals surface area contributed by atoms with Gasteiger partial charge >= 0.3 is 5.97 Å². The lowest BCUT2D eigenvalue weighted by molar-refractivity contribution is 0.0697. The van der Waals surface area contributed by atoms with Gasteiger partial charge in [-0.1, -0.05) is 12.2 Å². The molecule has 0 radical (unpaired) electrons. The molecular weight excluding hydrogens is 248 g/mol. The number of Topliss-reactive ketones (excluding diaryl/α,β-unsaturated/α-hetero) is 1. The second kappa shape index (κ2) is 3.94. The van der Waals surface area contributed by atoms with Gasteiger partial charge in [-0.05, 0) is 18.6 Å². The lowest BCUT2D eigenvalue weighted by Crippen LogP contribution is -2.28. The SMILES string of the molecule is Nc1nc2c(cc1C(=O)O)C(=O)C1CC=CC=C1O2. The molecule has 0 saturated heterocycles. The molecule has 0 aromatic carbocycles. The van der Waals surface area contributed by atoms with Crippen molar-refractivity contribution in [3.8, 4) is 5.88 Å². The number of ether oxygens (including phenoxy) is 1. The number of aromatic carboxylic acids is 1. The molecule has 3 rings (SSSR count). The van der Waals surface area contributed by atoms with Crippen LogP contribution in [0, 0.1) is 5.92 Å². The van der Waals surface area contributed by atoms with Crippen LogP contribution in [0.25, 0.3) is 0 Å². The largest absolute Gasteiger partial charge is 0.478 e. The molecule has 0 amide bonds. The highest BCUT2D eigenvalue weighted by molar-refractivity contribution is 6.05. The maximum Gasteiger partial charge on any atom is 0.339 e. The van der Waals surface area contributed by atoms with Crippen molar-refractivity contribution < 1.29 is 19.4 Å². The van der Waals surface area contributed by atoms with Crippen molar-refractivity contribution >= 4 is 17.6 Å². The van der Waals surface area contributed by atoms with Crippen molar-refractivity contribution in [2.45, 2.75) is 6.42 Å². The normalized spacial score (nSPS) is 20.1. The Morgan fingerprint density at radius 2 is 2.32 bits per heavy atom. The quantitative estimate of drug-likeness (QED) is 0.789. The van der Waals surface area contributed by atoms with Crippen LogP contribution in [0.5, 0.6) is 5.88 Å². The third kappa shape index (κ3) is 1.69. The predicted octanol–water partition coefficient (Wildman–Crippen LogP) is 1.40. The van der Waals surface area contributed by atoms with Gasteiger partial charge in [0.2, 0.25) is 5.88 Å². The van der Waals surface area contributed by atoms with E-state index in [0.717, 1.165) is 0 Å². The van der Waals surface area contributed by atoms with Crippen LogP contribution in [0.3, 0.4) is 0 Å². The van der Waals surface area contributed by atoms with Crippen molar-refractivity contribution in [3.05, 3.63) is 41.2 Å². The zero-order valence-electron chi connectivity index (χ0n) is 9.79. The number of anilines is 1. The van der Waals surface area contributed by atoms with Crippen LogP contribution in [0.15, 0.2) is 30.1 Å². The summed E-state index contributed by atoms with van der Waals surface area (Å²) in [7, 11) is 0. The first-order valence-electron chi connectivity index (χ1n) is 5.70. The van der Waals surface area contributed by atoms with E-state index in [1.54, 1.807) is 12.2 Å². The maximum atomic E-state index is 12.3. The molecule has 19 heavy (non-hydrogen) atoms. The van der Waals surface area contributed by atoms with E-state index in [9.17, 15) is 9.59 Å². The van der Waals surface area contributed by atoms with Gasteiger partial charge in [0.05, 0.1) is 11.5 Å². The first-order chi connectivity index (χ1) is 9.08. The van der Waals surface area contributed by atoms with Gasteiger partial charge in [-0.25, -0.2) is 4.79 Å². The van der Waals surface area contributed by atoms with Crippen LogP contribution < -0.4 is 10.5 Å². The summed E-state index contributed by atoms with van der Waals surface area (Å²) in [5.74, 6) is -1.37. The number of aromatic nitrogens is 1. The second-order valence-corrected chi connectivity index (χ2v) is 4.33. The smallest absolute Gasteiger partial charge is 0.339 e. The second-order valence-electron chi connectivity index (χ2n) is 4.33. The summed E-state index contributed by atoms with van der Waals surface area (Å²) >= 11 is 0. The summed E-state index contributed by atoms with van der Waals surface area (Å²) in [4.78, 5) is 27.2. The highest BCUT2D eigenvalue weighted by Crippen LogP contribution is 2.36. The van der Waals surface area contributed by atoms with E-state index >= 15 is 0 Å². The molecule has 0 saturated carbocycles. The van der Waals surface area contributed by atoms with Gasteiger partial charge in [0.1, 0.15) is 17.1 Å². The molecule has 0 bridgehead atoms. The number of allylic oxidation sites excluding steroid dienone is 4. The molecule has 1 aliphatic heterocycles. The number of carbonyl (C=O) groups excluding carboxylic acids is 1. The van der Waals surface area contributed by atoms with E-state index < -0.39 is 11.9 Å². The molecule has 6 nitrogen and oxygen atoms in total. The highest BCUT2D eigenvalue weighted by atomic mass is 16.5. The number of nitrogen functional groups attached to an aromatic ring is 1. The number of hydrogen-bond acceptors (Lipinski definition) is 5. The predicted molar refractivity (Wildman–Crippen MR) is 65.9 cm³/mol. The number of pyridine rings is 1. The van der Waals surface area contributed by atoms with Gasteiger partial charge in [-0.3, -0.25) is 4.79 Å². The number of carboxylic acid groups (broad SMARTS) is 1. The topological polar surface area (TPSA) is 103 Å². The zero-order chi connectivity index (χ0) is 13.6.